The van der Waals surface area contributed by atoms with Gasteiger partial charge >= 0.3 is 0 Å². The Balaban J connectivity index is 1.06. The van der Waals surface area contributed by atoms with Gasteiger partial charge in [-0.2, -0.15) is 0 Å². The molecule has 1 aliphatic heterocycles. The first-order valence-electron chi connectivity index (χ1n) is 12.0. The van der Waals surface area contributed by atoms with Crippen LogP contribution in [-0.4, -0.2) is 41.1 Å². The summed E-state index contributed by atoms with van der Waals surface area (Å²) < 4.78 is 0. The summed E-state index contributed by atoms with van der Waals surface area (Å²) in [5.41, 5.74) is 2.16. The molecule has 1 saturated heterocycles. The molecule has 7 heteroatoms. The van der Waals surface area contributed by atoms with E-state index in [1.165, 1.54) is 38.5 Å². The van der Waals surface area contributed by atoms with Crippen LogP contribution in [-0.2, 0) is 9.59 Å². The first kappa shape index (κ1) is 20.6. The number of nitrogens with zero attached hydrogens (tertiary/aromatic N) is 2. The lowest BCUT2D eigenvalue weighted by atomic mass is 9.84. The number of hydrogen-bond donors (Lipinski definition) is 2. The SMILES string of the molecule is C[C@H]1[C@@H](NC(=S)NC(=O)C[C@@H]2CC3C[C@@]45CC2C[C@@]4(C3)C5)C(=O)N(c2ccccc2)N1C. The second-order valence-corrected chi connectivity index (χ2v) is 11.6. The van der Waals surface area contributed by atoms with Crippen LogP contribution in [0.4, 0.5) is 5.69 Å². The predicted molar refractivity (Wildman–Crippen MR) is 126 cm³/mol. The minimum absolute atomic E-state index is 0.00917. The van der Waals surface area contributed by atoms with Gasteiger partial charge in [-0.1, -0.05) is 18.2 Å². The maximum atomic E-state index is 13.1. The highest BCUT2D eigenvalue weighted by Crippen LogP contribution is 2.86. The number of hydrogen-bond acceptors (Lipinski definition) is 4. The quantitative estimate of drug-likeness (QED) is 0.687. The molecule has 32 heavy (non-hydrogen) atoms. The number of carbonyl (C=O) groups excluding carboxylic acids is 2. The molecule has 5 aliphatic carbocycles. The number of fused-ring (bicyclic) bond motifs is 1. The Kier molecular flexibility index (Phi) is 4.51. The second kappa shape index (κ2) is 7.00. The summed E-state index contributed by atoms with van der Waals surface area (Å²) >= 11 is 5.45. The van der Waals surface area contributed by atoms with Gasteiger partial charge in [0.15, 0.2) is 5.11 Å². The molecule has 6 nitrogen and oxygen atoms in total. The van der Waals surface area contributed by atoms with Gasteiger partial charge in [-0.15, -0.1) is 0 Å². The van der Waals surface area contributed by atoms with Crippen LogP contribution in [0.3, 0.4) is 0 Å². The van der Waals surface area contributed by atoms with Gasteiger partial charge in [0.2, 0.25) is 5.91 Å². The molecule has 2 N–H and O–H groups in total. The number of rotatable bonds is 4. The molecule has 0 unspecified atom stereocenters. The van der Waals surface area contributed by atoms with Crippen LogP contribution in [0.2, 0.25) is 0 Å². The van der Waals surface area contributed by atoms with E-state index in [1.807, 2.05) is 49.3 Å². The van der Waals surface area contributed by atoms with Crippen molar-refractivity contribution in [2.45, 2.75) is 64.0 Å². The van der Waals surface area contributed by atoms with Gasteiger partial charge in [-0.25, -0.2) is 10.0 Å². The molecule has 1 aromatic rings. The molecule has 5 saturated carbocycles. The minimum atomic E-state index is -0.501. The highest BCUT2D eigenvalue weighted by molar-refractivity contribution is 7.80. The Morgan fingerprint density at radius 3 is 2.53 bits per heavy atom. The fourth-order valence-electron chi connectivity index (χ4n) is 8.09. The standard InChI is InChI=1S/C25H32N4O2S/c1-15-21(22(31)29(28(15)2)19-6-4-3-5-7-19)27-23(32)26-20(30)9-17-8-16-10-24-12-18(17)13-25(24,11-16)14-24/h3-7,15-18,21H,8-14H2,1-2H3,(H2,26,27,30,32)/t15-,16?,17-,18?,21+,24-,25-/m0/s1. The molecule has 7 rings (SSSR count). The molecule has 1 heterocycles. The molecule has 0 aromatic heterocycles. The van der Waals surface area contributed by atoms with Crippen molar-refractivity contribution in [3.8, 4) is 0 Å². The Morgan fingerprint density at radius 2 is 1.84 bits per heavy atom. The molecule has 6 aliphatic rings. The minimum Gasteiger partial charge on any atom is -0.349 e. The van der Waals surface area contributed by atoms with Crippen molar-refractivity contribution in [3.05, 3.63) is 30.3 Å². The Labute approximate surface area is 195 Å². The van der Waals surface area contributed by atoms with E-state index in [2.05, 4.69) is 10.6 Å². The highest BCUT2D eigenvalue weighted by Gasteiger charge is 2.77. The first-order valence-corrected chi connectivity index (χ1v) is 12.4. The summed E-state index contributed by atoms with van der Waals surface area (Å²) in [6.45, 7) is 1.99. The van der Waals surface area contributed by atoms with E-state index in [1.54, 1.807) is 5.01 Å². The van der Waals surface area contributed by atoms with Gasteiger partial charge in [-0.05, 0) is 98.4 Å². The van der Waals surface area contributed by atoms with E-state index in [9.17, 15) is 9.59 Å². The number of para-hydroxylation sites is 1. The van der Waals surface area contributed by atoms with Crippen molar-refractivity contribution >= 4 is 34.8 Å². The molecule has 2 spiro atoms. The van der Waals surface area contributed by atoms with Crippen LogP contribution < -0.4 is 15.6 Å². The maximum absolute atomic E-state index is 13.1. The molecular formula is C25H32N4O2S. The molecule has 0 radical (unpaired) electrons. The van der Waals surface area contributed by atoms with Crippen molar-refractivity contribution in [1.82, 2.24) is 15.6 Å². The number of anilines is 1. The lowest BCUT2D eigenvalue weighted by Gasteiger charge is -2.26. The van der Waals surface area contributed by atoms with Crippen molar-refractivity contribution in [2.75, 3.05) is 12.1 Å². The third kappa shape index (κ3) is 2.97. The summed E-state index contributed by atoms with van der Waals surface area (Å²) in [5.74, 6) is 1.95. The maximum Gasteiger partial charge on any atom is 0.265 e. The summed E-state index contributed by atoms with van der Waals surface area (Å²) in [6, 6.07) is 9.00. The molecule has 170 valence electrons. The number of likely N-dealkylation sites (N-methyl/N-ethyl adjacent to an activating group) is 1. The third-order valence-electron chi connectivity index (χ3n) is 9.49. The van der Waals surface area contributed by atoms with Crippen molar-refractivity contribution in [3.63, 3.8) is 0 Å². The summed E-state index contributed by atoms with van der Waals surface area (Å²) in [7, 11) is 1.90. The second-order valence-electron chi connectivity index (χ2n) is 11.2. The zero-order chi connectivity index (χ0) is 22.3. The lowest BCUT2D eigenvalue weighted by molar-refractivity contribution is -0.121. The molecule has 6 fully saturated rings. The predicted octanol–water partition coefficient (Wildman–Crippen LogP) is 3.23. The van der Waals surface area contributed by atoms with Gasteiger partial charge in [-0.3, -0.25) is 9.59 Å². The van der Waals surface area contributed by atoms with E-state index in [0.717, 1.165) is 11.6 Å². The Bertz CT molecular complexity index is 965. The summed E-state index contributed by atoms with van der Waals surface area (Å²) in [4.78, 5) is 26.0. The number of carbonyl (C=O) groups is 2. The zero-order valence-corrected chi connectivity index (χ0v) is 19.7. The van der Waals surface area contributed by atoms with Gasteiger partial charge in [0.1, 0.15) is 6.04 Å². The van der Waals surface area contributed by atoms with Gasteiger partial charge in [0.05, 0.1) is 11.7 Å². The normalized spacial score (nSPS) is 41.5. The number of thiocarbonyl (C=S) groups is 1. The zero-order valence-electron chi connectivity index (χ0n) is 18.8. The average Bonchev–Trinajstić information content (AvgIpc) is 3.07. The fraction of sp³-hybridized carbons (Fsp3) is 0.640. The molecule has 4 bridgehead atoms. The van der Waals surface area contributed by atoms with Crippen LogP contribution in [0.5, 0.6) is 0 Å². The van der Waals surface area contributed by atoms with Crippen LogP contribution in [0, 0.1) is 28.6 Å². The van der Waals surface area contributed by atoms with Crippen LogP contribution in [0.25, 0.3) is 0 Å². The Morgan fingerprint density at radius 1 is 1.16 bits per heavy atom. The van der Waals surface area contributed by atoms with E-state index < -0.39 is 6.04 Å². The average molecular weight is 453 g/mol. The van der Waals surface area contributed by atoms with E-state index in [-0.39, 0.29) is 23.0 Å². The van der Waals surface area contributed by atoms with Crippen LogP contribution in [0.1, 0.15) is 51.9 Å². The topological polar surface area (TPSA) is 64.7 Å². The van der Waals surface area contributed by atoms with Gasteiger partial charge in [0.25, 0.3) is 5.91 Å². The summed E-state index contributed by atoms with van der Waals surface area (Å²) in [5, 5.41) is 9.84. The van der Waals surface area contributed by atoms with E-state index in [0.29, 0.717) is 29.1 Å². The number of amides is 2. The number of nitrogens with one attached hydrogen (secondary N) is 2. The van der Waals surface area contributed by atoms with Crippen LogP contribution in [0.15, 0.2) is 30.3 Å². The van der Waals surface area contributed by atoms with Gasteiger partial charge < -0.3 is 10.6 Å². The molecule has 1 aromatic carbocycles. The lowest BCUT2D eigenvalue weighted by Crippen LogP contribution is -2.50. The van der Waals surface area contributed by atoms with E-state index >= 15 is 0 Å². The molecule has 5 atom stereocenters. The van der Waals surface area contributed by atoms with Crippen molar-refractivity contribution in [2.24, 2.45) is 28.6 Å². The van der Waals surface area contributed by atoms with Crippen LogP contribution >= 0.6 is 12.2 Å². The fourth-order valence-corrected chi connectivity index (χ4v) is 8.34. The first-order chi connectivity index (χ1) is 15.3. The summed E-state index contributed by atoms with van der Waals surface area (Å²) in [6.07, 6.45) is 8.74. The monoisotopic (exact) mass is 452 g/mol. The van der Waals surface area contributed by atoms with E-state index in [4.69, 9.17) is 12.2 Å². The number of hydrazine groups is 1. The number of benzene rings is 1. The molecular weight excluding hydrogens is 420 g/mol. The van der Waals surface area contributed by atoms with Crippen molar-refractivity contribution < 1.29 is 9.59 Å². The highest BCUT2D eigenvalue weighted by atomic mass is 32.1. The van der Waals surface area contributed by atoms with Crippen molar-refractivity contribution in [1.29, 1.82) is 0 Å². The Hall–Kier alpha value is -1.99. The third-order valence-corrected chi connectivity index (χ3v) is 9.71. The smallest absolute Gasteiger partial charge is 0.265 e. The largest absolute Gasteiger partial charge is 0.349 e. The molecule has 2 amide bonds. The van der Waals surface area contributed by atoms with Gasteiger partial charge in [0, 0.05) is 13.5 Å².